The van der Waals surface area contributed by atoms with Gasteiger partial charge in [0.05, 0.1) is 23.8 Å². The van der Waals surface area contributed by atoms with Crippen molar-refractivity contribution in [1.29, 1.82) is 5.26 Å². The molecule has 4 nitrogen and oxygen atoms in total. The third-order valence-electron chi connectivity index (χ3n) is 3.10. The first-order chi connectivity index (χ1) is 12.2. The van der Waals surface area contributed by atoms with Crippen LogP contribution >= 0.6 is 0 Å². The van der Waals surface area contributed by atoms with E-state index in [4.69, 9.17) is 10.00 Å². The van der Waals surface area contributed by atoms with Gasteiger partial charge in [0, 0.05) is 12.6 Å². The fourth-order valence-electron chi connectivity index (χ4n) is 1.96. The number of hydrogen-bond donors (Lipinski definition) is 1. The van der Waals surface area contributed by atoms with Gasteiger partial charge in [-0.15, -0.1) is 0 Å². The van der Waals surface area contributed by atoms with Gasteiger partial charge >= 0.3 is 6.18 Å². The number of nitrogens with zero attached hydrogens (tertiary/aromatic N) is 1. The molecule has 26 heavy (non-hydrogen) atoms. The lowest BCUT2D eigenvalue weighted by molar-refractivity contribution is -0.137. The molecule has 0 aromatic heterocycles. The maximum Gasteiger partial charge on any atom is 0.417 e. The predicted molar refractivity (Wildman–Crippen MR) is 92.8 cm³/mol. The van der Waals surface area contributed by atoms with E-state index in [1.54, 1.807) is 0 Å². The van der Waals surface area contributed by atoms with Gasteiger partial charge < -0.3 is 10.1 Å². The number of hydrogen-bond acceptors (Lipinski definition) is 3. The Kier molecular flexibility index (Phi) is 7.66. The number of carbonyl (C=O) groups is 1. The van der Waals surface area contributed by atoms with Crippen molar-refractivity contribution < 1.29 is 22.7 Å². The minimum absolute atomic E-state index is 0.0128. The molecule has 0 saturated carbocycles. The fourth-order valence-corrected chi connectivity index (χ4v) is 1.96. The van der Waals surface area contributed by atoms with Crippen molar-refractivity contribution >= 4 is 11.6 Å². The van der Waals surface area contributed by atoms with Crippen LogP contribution in [0.2, 0.25) is 0 Å². The largest absolute Gasteiger partial charge is 0.494 e. The highest BCUT2D eigenvalue weighted by Crippen LogP contribution is 2.33. The van der Waals surface area contributed by atoms with E-state index in [1.807, 2.05) is 31.2 Å². The van der Waals surface area contributed by atoms with Crippen LogP contribution in [-0.2, 0) is 11.0 Å². The lowest BCUT2D eigenvalue weighted by atomic mass is 10.1. The summed E-state index contributed by atoms with van der Waals surface area (Å²) in [6.07, 6.45) is -4.61. The summed E-state index contributed by atoms with van der Waals surface area (Å²) in [7, 11) is 0. The first-order valence-electron chi connectivity index (χ1n) is 7.75. The van der Waals surface area contributed by atoms with E-state index in [9.17, 15) is 18.0 Å². The lowest BCUT2D eigenvalue weighted by Crippen LogP contribution is -2.11. The number of ether oxygens (including phenoxy) is 1. The van der Waals surface area contributed by atoms with Crippen LogP contribution in [0, 0.1) is 18.3 Å². The Balaban J connectivity index is 0.000000289. The summed E-state index contributed by atoms with van der Waals surface area (Å²) in [5.41, 5.74) is -0.245. The SMILES string of the molecule is CC(=O)Nc1ccc(C#N)c(C(F)(F)F)c1.CCOc1ccc(C)cc1. The van der Waals surface area contributed by atoms with E-state index < -0.39 is 23.2 Å². The van der Waals surface area contributed by atoms with Crippen molar-refractivity contribution in [1.82, 2.24) is 0 Å². The molecule has 2 rings (SSSR count). The molecule has 138 valence electrons. The Morgan fingerprint density at radius 3 is 2.27 bits per heavy atom. The maximum absolute atomic E-state index is 12.5. The van der Waals surface area contributed by atoms with E-state index in [-0.39, 0.29) is 5.69 Å². The molecule has 0 unspecified atom stereocenters. The molecule has 0 heterocycles. The molecule has 0 aliphatic rings. The minimum atomic E-state index is -4.61. The average molecular weight is 364 g/mol. The number of aryl methyl sites for hydroxylation is 1. The summed E-state index contributed by atoms with van der Waals surface area (Å²) >= 11 is 0. The van der Waals surface area contributed by atoms with Crippen LogP contribution in [0.4, 0.5) is 18.9 Å². The molecular weight excluding hydrogens is 345 g/mol. The van der Waals surface area contributed by atoms with Crippen LogP contribution < -0.4 is 10.1 Å². The molecule has 0 saturated heterocycles. The monoisotopic (exact) mass is 364 g/mol. The number of carbonyl (C=O) groups excluding carboxylic acids is 1. The van der Waals surface area contributed by atoms with Gasteiger partial charge in [0.15, 0.2) is 0 Å². The van der Waals surface area contributed by atoms with Crippen LogP contribution in [0.15, 0.2) is 42.5 Å². The third-order valence-corrected chi connectivity index (χ3v) is 3.10. The van der Waals surface area contributed by atoms with Gasteiger partial charge in [0.2, 0.25) is 5.91 Å². The summed E-state index contributed by atoms with van der Waals surface area (Å²) in [6, 6.07) is 12.5. The Hall–Kier alpha value is -3.01. The summed E-state index contributed by atoms with van der Waals surface area (Å²) in [5, 5.41) is 10.7. The zero-order valence-corrected chi connectivity index (χ0v) is 14.6. The highest BCUT2D eigenvalue weighted by molar-refractivity contribution is 5.88. The van der Waals surface area contributed by atoms with Gasteiger partial charge in [-0.1, -0.05) is 17.7 Å². The van der Waals surface area contributed by atoms with Crippen molar-refractivity contribution in [3.05, 3.63) is 59.2 Å². The number of amides is 1. The highest BCUT2D eigenvalue weighted by Gasteiger charge is 2.33. The van der Waals surface area contributed by atoms with Crippen LogP contribution in [-0.4, -0.2) is 12.5 Å². The van der Waals surface area contributed by atoms with Crippen LogP contribution in [0.1, 0.15) is 30.5 Å². The molecule has 0 fully saturated rings. The second kappa shape index (κ2) is 9.47. The molecule has 1 amide bonds. The second-order valence-electron chi connectivity index (χ2n) is 5.30. The highest BCUT2D eigenvalue weighted by atomic mass is 19.4. The third kappa shape index (κ3) is 6.85. The van der Waals surface area contributed by atoms with Gasteiger partial charge in [0.1, 0.15) is 5.75 Å². The Bertz CT molecular complexity index is 779. The number of nitriles is 1. The zero-order valence-electron chi connectivity index (χ0n) is 14.6. The molecular formula is C19H19F3N2O2. The number of nitrogens with one attached hydrogen (secondary N) is 1. The summed E-state index contributed by atoms with van der Waals surface area (Å²) in [5.74, 6) is 0.478. The van der Waals surface area contributed by atoms with Crippen molar-refractivity contribution in [3.8, 4) is 11.8 Å². The smallest absolute Gasteiger partial charge is 0.417 e. The van der Waals surface area contributed by atoms with Crippen LogP contribution in [0.5, 0.6) is 5.75 Å². The normalized spacial score (nSPS) is 10.2. The van der Waals surface area contributed by atoms with Gasteiger partial charge in [0.25, 0.3) is 0 Å². The van der Waals surface area contributed by atoms with E-state index in [1.165, 1.54) is 24.6 Å². The zero-order chi connectivity index (χ0) is 19.7. The Morgan fingerprint density at radius 2 is 1.81 bits per heavy atom. The van der Waals surface area contributed by atoms with Gasteiger partial charge in [-0.3, -0.25) is 4.79 Å². The predicted octanol–water partition coefficient (Wildman–Crippen LogP) is 4.93. The number of alkyl halides is 3. The molecule has 0 aliphatic carbocycles. The summed E-state index contributed by atoms with van der Waals surface area (Å²) < 4.78 is 42.7. The maximum atomic E-state index is 12.5. The molecule has 0 aliphatic heterocycles. The van der Waals surface area contributed by atoms with Gasteiger partial charge in [-0.2, -0.15) is 18.4 Å². The molecule has 2 aromatic rings. The first-order valence-corrected chi connectivity index (χ1v) is 7.75. The Morgan fingerprint density at radius 1 is 1.19 bits per heavy atom. The van der Waals surface area contributed by atoms with Gasteiger partial charge in [-0.25, -0.2) is 0 Å². The van der Waals surface area contributed by atoms with Crippen molar-refractivity contribution in [2.24, 2.45) is 0 Å². The average Bonchev–Trinajstić information content (AvgIpc) is 2.56. The van der Waals surface area contributed by atoms with Crippen LogP contribution in [0.25, 0.3) is 0 Å². The van der Waals surface area contributed by atoms with E-state index in [0.717, 1.165) is 24.5 Å². The van der Waals surface area contributed by atoms with E-state index in [0.29, 0.717) is 0 Å². The number of benzene rings is 2. The summed E-state index contributed by atoms with van der Waals surface area (Å²) in [6.45, 7) is 5.98. The molecule has 1 N–H and O–H groups in total. The molecule has 0 radical (unpaired) electrons. The van der Waals surface area contributed by atoms with Crippen molar-refractivity contribution in [2.75, 3.05) is 11.9 Å². The molecule has 0 spiro atoms. The summed E-state index contributed by atoms with van der Waals surface area (Å²) in [4.78, 5) is 10.7. The standard InChI is InChI=1S/C10H7F3N2O.C9H12O/c1-6(16)15-8-3-2-7(5-14)9(4-8)10(11,12)13;1-3-10-9-6-4-8(2)5-7-9/h2-4H,1H3,(H,15,16);4-7H,3H2,1-2H3. The Labute approximate surface area is 150 Å². The minimum Gasteiger partial charge on any atom is -0.494 e. The van der Waals surface area contributed by atoms with Crippen LogP contribution in [0.3, 0.4) is 0 Å². The number of halogens is 3. The fraction of sp³-hybridized carbons (Fsp3) is 0.263. The first kappa shape index (κ1) is 21.0. The van der Waals surface area contributed by atoms with Gasteiger partial charge in [-0.05, 0) is 44.2 Å². The van der Waals surface area contributed by atoms with E-state index in [2.05, 4.69) is 12.2 Å². The molecule has 2 aromatic carbocycles. The lowest BCUT2D eigenvalue weighted by Gasteiger charge is -2.10. The number of anilines is 1. The number of rotatable bonds is 3. The van der Waals surface area contributed by atoms with Crippen molar-refractivity contribution in [3.63, 3.8) is 0 Å². The quantitative estimate of drug-likeness (QED) is 0.840. The molecule has 0 atom stereocenters. The van der Waals surface area contributed by atoms with E-state index >= 15 is 0 Å². The topological polar surface area (TPSA) is 62.1 Å². The molecule has 7 heteroatoms. The second-order valence-corrected chi connectivity index (χ2v) is 5.30. The molecule has 0 bridgehead atoms. The van der Waals surface area contributed by atoms with Crippen molar-refractivity contribution in [2.45, 2.75) is 26.9 Å².